The lowest BCUT2D eigenvalue weighted by molar-refractivity contribution is -0.0749. The predicted molar refractivity (Wildman–Crippen MR) is 87.6 cm³/mol. The second-order valence-corrected chi connectivity index (χ2v) is 9.45. The third-order valence-corrected chi connectivity index (χ3v) is 6.12. The second kappa shape index (κ2) is 5.21. The standard InChI is InChI=1S/C18H34N2O/c1-16(2,3)19-8-6-15(11-19)10-17(4,5)20-12-18(13-20)7-9-21-14-18/h15H,6-14H2,1-5H3. The average Bonchev–Trinajstić information content (AvgIpc) is 2.92. The molecule has 0 saturated carbocycles. The zero-order chi connectivity index (χ0) is 15.3. The van der Waals surface area contributed by atoms with Gasteiger partial charge in [-0.3, -0.25) is 9.80 Å². The van der Waals surface area contributed by atoms with Crippen molar-refractivity contribution in [3.8, 4) is 0 Å². The van der Waals surface area contributed by atoms with E-state index < -0.39 is 0 Å². The van der Waals surface area contributed by atoms with E-state index in [4.69, 9.17) is 4.74 Å². The van der Waals surface area contributed by atoms with Gasteiger partial charge in [-0.1, -0.05) is 0 Å². The van der Waals surface area contributed by atoms with E-state index in [9.17, 15) is 0 Å². The van der Waals surface area contributed by atoms with Crippen LogP contribution in [0, 0.1) is 11.3 Å². The van der Waals surface area contributed by atoms with Crippen molar-refractivity contribution in [2.75, 3.05) is 39.4 Å². The molecule has 3 nitrogen and oxygen atoms in total. The van der Waals surface area contributed by atoms with E-state index in [0.29, 0.717) is 16.5 Å². The summed E-state index contributed by atoms with van der Waals surface area (Å²) in [6.45, 7) is 19.0. The lowest BCUT2D eigenvalue weighted by Crippen LogP contribution is -2.64. The molecule has 3 heterocycles. The van der Waals surface area contributed by atoms with Gasteiger partial charge in [-0.05, 0) is 66.3 Å². The van der Waals surface area contributed by atoms with Crippen LogP contribution in [0.1, 0.15) is 53.9 Å². The maximum atomic E-state index is 5.61. The molecule has 3 heteroatoms. The molecule has 3 rings (SSSR count). The van der Waals surface area contributed by atoms with Crippen LogP contribution in [-0.2, 0) is 4.74 Å². The van der Waals surface area contributed by atoms with E-state index in [1.54, 1.807) is 0 Å². The topological polar surface area (TPSA) is 15.7 Å². The average molecular weight is 294 g/mol. The molecule has 0 aromatic heterocycles. The summed E-state index contributed by atoms with van der Waals surface area (Å²) in [5.41, 5.74) is 1.21. The summed E-state index contributed by atoms with van der Waals surface area (Å²) in [5, 5.41) is 0. The van der Waals surface area contributed by atoms with Crippen molar-refractivity contribution in [1.29, 1.82) is 0 Å². The molecule has 1 unspecified atom stereocenters. The van der Waals surface area contributed by atoms with Gasteiger partial charge < -0.3 is 4.74 Å². The van der Waals surface area contributed by atoms with Crippen molar-refractivity contribution in [2.24, 2.45) is 11.3 Å². The van der Waals surface area contributed by atoms with Crippen molar-refractivity contribution in [2.45, 2.75) is 65.0 Å². The van der Waals surface area contributed by atoms with Crippen LogP contribution >= 0.6 is 0 Å². The highest BCUT2D eigenvalue weighted by molar-refractivity contribution is 5.03. The van der Waals surface area contributed by atoms with E-state index in [1.165, 1.54) is 45.4 Å². The highest BCUT2D eigenvalue weighted by atomic mass is 16.5. The summed E-state index contributed by atoms with van der Waals surface area (Å²) in [5.74, 6) is 0.871. The fraction of sp³-hybridized carbons (Fsp3) is 1.00. The molecule has 0 aliphatic carbocycles. The summed E-state index contributed by atoms with van der Waals surface area (Å²) >= 11 is 0. The Balaban J connectivity index is 1.51. The summed E-state index contributed by atoms with van der Waals surface area (Å²) in [4.78, 5) is 5.37. The first-order chi connectivity index (χ1) is 9.70. The van der Waals surface area contributed by atoms with Gasteiger partial charge in [0.25, 0.3) is 0 Å². The molecule has 1 spiro atoms. The Morgan fingerprint density at radius 3 is 2.33 bits per heavy atom. The van der Waals surface area contributed by atoms with Gasteiger partial charge in [0, 0.05) is 42.7 Å². The van der Waals surface area contributed by atoms with Crippen molar-refractivity contribution >= 4 is 0 Å². The number of ether oxygens (including phenoxy) is 1. The maximum Gasteiger partial charge on any atom is 0.0547 e. The van der Waals surface area contributed by atoms with Gasteiger partial charge in [0.15, 0.2) is 0 Å². The van der Waals surface area contributed by atoms with Crippen LogP contribution in [-0.4, -0.2) is 60.3 Å². The molecule has 122 valence electrons. The minimum atomic E-state index is 0.334. The predicted octanol–water partition coefficient (Wildman–Crippen LogP) is 3.00. The lowest BCUT2D eigenvalue weighted by atomic mass is 9.74. The monoisotopic (exact) mass is 294 g/mol. The van der Waals surface area contributed by atoms with Gasteiger partial charge in [0.05, 0.1) is 6.61 Å². The van der Waals surface area contributed by atoms with Crippen LogP contribution in [0.3, 0.4) is 0 Å². The number of likely N-dealkylation sites (tertiary alicyclic amines) is 2. The fourth-order valence-electron chi connectivity index (χ4n) is 4.53. The highest BCUT2D eigenvalue weighted by Gasteiger charge is 2.50. The van der Waals surface area contributed by atoms with Crippen LogP contribution in [0.2, 0.25) is 0 Å². The Bertz CT molecular complexity index is 371. The molecule has 0 N–H and O–H groups in total. The molecule has 0 radical (unpaired) electrons. The second-order valence-electron chi connectivity index (χ2n) is 9.45. The summed E-state index contributed by atoms with van der Waals surface area (Å²) in [6, 6.07) is 0. The Hall–Kier alpha value is -0.120. The molecule has 3 aliphatic rings. The van der Waals surface area contributed by atoms with Crippen LogP contribution in [0.25, 0.3) is 0 Å². The summed E-state index contributed by atoms with van der Waals surface area (Å²) < 4.78 is 5.61. The molecule has 3 aliphatic heterocycles. The fourth-order valence-corrected chi connectivity index (χ4v) is 4.53. The van der Waals surface area contributed by atoms with Gasteiger partial charge in [-0.15, -0.1) is 0 Å². The Kier molecular flexibility index (Phi) is 3.91. The molecule has 3 saturated heterocycles. The number of hydrogen-bond donors (Lipinski definition) is 0. The molecule has 3 fully saturated rings. The number of nitrogens with zero attached hydrogens (tertiary/aromatic N) is 2. The van der Waals surface area contributed by atoms with Crippen LogP contribution in [0.15, 0.2) is 0 Å². The minimum absolute atomic E-state index is 0.334. The maximum absolute atomic E-state index is 5.61. The zero-order valence-corrected chi connectivity index (χ0v) is 14.7. The van der Waals surface area contributed by atoms with E-state index >= 15 is 0 Å². The van der Waals surface area contributed by atoms with Crippen molar-refractivity contribution in [1.82, 2.24) is 9.80 Å². The SMILES string of the molecule is CC(C)(C)N1CCC(CC(C)(C)N2CC3(CCOC3)C2)C1. The molecule has 0 bridgehead atoms. The lowest BCUT2D eigenvalue weighted by Gasteiger charge is -2.55. The van der Waals surface area contributed by atoms with Crippen molar-refractivity contribution in [3.63, 3.8) is 0 Å². The third kappa shape index (κ3) is 3.16. The van der Waals surface area contributed by atoms with Crippen LogP contribution in [0.4, 0.5) is 0 Å². The van der Waals surface area contributed by atoms with Gasteiger partial charge >= 0.3 is 0 Å². The van der Waals surface area contributed by atoms with E-state index in [1.807, 2.05) is 0 Å². The van der Waals surface area contributed by atoms with E-state index in [0.717, 1.165) is 19.1 Å². The normalized spacial score (nSPS) is 31.0. The Labute approximate surface area is 131 Å². The largest absolute Gasteiger partial charge is 0.381 e. The first kappa shape index (κ1) is 15.8. The Morgan fingerprint density at radius 1 is 1.10 bits per heavy atom. The molecule has 21 heavy (non-hydrogen) atoms. The van der Waals surface area contributed by atoms with Gasteiger partial charge in [-0.25, -0.2) is 0 Å². The first-order valence-electron chi connectivity index (χ1n) is 8.78. The number of hydrogen-bond acceptors (Lipinski definition) is 3. The van der Waals surface area contributed by atoms with E-state index in [-0.39, 0.29) is 0 Å². The smallest absolute Gasteiger partial charge is 0.0547 e. The summed E-state index contributed by atoms with van der Waals surface area (Å²) in [7, 11) is 0. The van der Waals surface area contributed by atoms with Crippen LogP contribution in [0.5, 0.6) is 0 Å². The highest BCUT2D eigenvalue weighted by Crippen LogP contribution is 2.44. The summed E-state index contributed by atoms with van der Waals surface area (Å²) in [6.07, 6.45) is 4.00. The molecular weight excluding hydrogens is 260 g/mol. The molecule has 0 aromatic carbocycles. The molecule has 0 aromatic rings. The van der Waals surface area contributed by atoms with Crippen LogP contribution < -0.4 is 0 Å². The van der Waals surface area contributed by atoms with Crippen molar-refractivity contribution < 1.29 is 4.74 Å². The Morgan fingerprint density at radius 2 is 1.81 bits per heavy atom. The third-order valence-electron chi connectivity index (χ3n) is 6.12. The van der Waals surface area contributed by atoms with Gasteiger partial charge in [0.2, 0.25) is 0 Å². The first-order valence-corrected chi connectivity index (χ1v) is 8.78. The van der Waals surface area contributed by atoms with Gasteiger partial charge in [0.1, 0.15) is 0 Å². The molecular formula is C18H34N2O. The minimum Gasteiger partial charge on any atom is -0.381 e. The van der Waals surface area contributed by atoms with Crippen molar-refractivity contribution in [3.05, 3.63) is 0 Å². The zero-order valence-electron chi connectivity index (χ0n) is 14.7. The molecule has 1 atom stereocenters. The van der Waals surface area contributed by atoms with E-state index in [2.05, 4.69) is 44.4 Å². The van der Waals surface area contributed by atoms with Gasteiger partial charge in [-0.2, -0.15) is 0 Å². The quantitative estimate of drug-likeness (QED) is 0.796. The number of rotatable bonds is 3. The molecule has 0 amide bonds.